The molecule has 2 rings (SSSR count). The first kappa shape index (κ1) is 20.6. The van der Waals surface area contributed by atoms with E-state index < -0.39 is 12.1 Å². The minimum Gasteiger partial charge on any atom is -0.466 e. The van der Waals surface area contributed by atoms with Crippen LogP contribution in [0.3, 0.4) is 0 Å². The second-order valence-corrected chi connectivity index (χ2v) is 6.63. The van der Waals surface area contributed by atoms with E-state index in [9.17, 15) is 14.4 Å². The van der Waals surface area contributed by atoms with Crippen molar-refractivity contribution in [3.63, 3.8) is 0 Å². The fraction of sp³-hybridized carbons (Fsp3) is 0.833. The van der Waals surface area contributed by atoms with Gasteiger partial charge in [-0.05, 0) is 39.5 Å². The molecule has 2 aliphatic rings. The summed E-state index contributed by atoms with van der Waals surface area (Å²) >= 11 is 0. The largest absolute Gasteiger partial charge is 0.466 e. The monoisotopic (exact) mass is 371 g/mol. The molecule has 0 radical (unpaired) electrons. The molecule has 0 aromatic rings. The number of piperidine rings is 1. The number of ether oxygens (including phenoxy) is 4. The smallest absolute Gasteiger partial charge is 0.335 e. The molecule has 0 bridgehead atoms. The molecule has 2 fully saturated rings. The summed E-state index contributed by atoms with van der Waals surface area (Å²) in [6, 6.07) is 0. The lowest BCUT2D eigenvalue weighted by Gasteiger charge is -2.30. The topological polar surface area (TPSA) is 91.4 Å². The summed E-state index contributed by atoms with van der Waals surface area (Å²) < 4.78 is 21.0. The average molecular weight is 371 g/mol. The van der Waals surface area contributed by atoms with Gasteiger partial charge < -0.3 is 23.8 Å². The maximum atomic E-state index is 12.2. The van der Waals surface area contributed by atoms with Crippen LogP contribution in [-0.4, -0.2) is 74.5 Å². The maximum absolute atomic E-state index is 12.2. The van der Waals surface area contributed by atoms with Crippen molar-refractivity contribution in [2.75, 3.05) is 39.5 Å². The highest BCUT2D eigenvalue weighted by atomic mass is 16.6. The van der Waals surface area contributed by atoms with E-state index in [0.717, 1.165) is 19.4 Å². The Labute approximate surface area is 154 Å². The predicted molar refractivity (Wildman–Crippen MR) is 91.3 cm³/mol. The zero-order valence-electron chi connectivity index (χ0n) is 15.6. The van der Waals surface area contributed by atoms with Crippen molar-refractivity contribution < 1.29 is 33.3 Å². The Kier molecular flexibility index (Phi) is 8.31. The zero-order chi connectivity index (χ0) is 18.9. The quantitative estimate of drug-likeness (QED) is 0.586. The summed E-state index contributed by atoms with van der Waals surface area (Å²) in [5.74, 6) is -1.18. The lowest BCUT2D eigenvalue weighted by Crippen LogP contribution is -2.43. The summed E-state index contributed by atoms with van der Waals surface area (Å²) in [4.78, 5) is 37.4. The van der Waals surface area contributed by atoms with Crippen molar-refractivity contribution in [1.29, 1.82) is 0 Å². The Morgan fingerprint density at radius 1 is 1.15 bits per heavy atom. The van der Waals surface area contributed by atoms with E-state index in [-0.39, 0.29) is 30.5 Å². The molecule has 0 aromatic heterocycles. The highest BCUT2D eigenvalue weighted by Gasteiger charge is 2.29. The molecule has 2 unspecified atom stereocenters. The van der Waals surface area contributed by atoms with Crippen molar-refractivity contribution in [2.24, 2.45) is 5.92 Å². The van der Waals surface area contributed by atoms with Crippen molar-refractivity contribution in [3.05, 3.63) is 0 Å². The number of esters is 2. The zero-order valence-corrected chi connectivity index (χ0v) is 15.6. The molecule has 0 saturated carbocycles. The van der Waals surface area contributed by atoms with Crippen LogP contribution < -0.4 is 0 Å². The maximum Gasteiger partial charge on any atom is 0.335 e. The molecule has 2 heterocycles. The van der Waals surface area contributed by atoms with Gasteiger partial charge >= 0.3 is 11.9 Å². The molecule has 148 valence electrons. The molecular formula is C18H29NO7. The van der Waals surface area contributed by atoms with Gasteiger partial charge in [0.1, 0.15) is 0 Å². The second kappa shape index (κ2) is 10.5. The molecule has 26 heavy (non-hydrogen) atoms. The van der Waals surface area contributed by atoms with Crippen LogP contribution in [-0.2, 0) is 33.3 Å². The number of rotatable bonds is 8. The Bertz CT molecular complexity index is 482. The Hall–Kier alpha value is -1.67. The molecule has 0 aromatic carbocycles. The number of carbonyl (C=O) groups is 3. The van der Waals surface area contributed by atoms with Gasteiger partial charge in [0.2, 0.25) is 0 Å². The van der Waals surface area contributed by atoms with Crippen LogP contribution in [0.4, 0.5) is 0 Å². The Morgan fingerprint density at radius 2 is 1.88 bits per heavy atom. The standard InChI is InChI=1S/C18H29NO7/c1-3-23-18(22)14-6-8-19(9-7-14)16(20)12-26-17(21)13(2)25-11-15-5-4-10-24-15/h13-15H,3-12H2,1-2H3. The number of hydrogen-bond acceptors (Lipinski definition) is 7. The van der Waals surface area contributed by atoms with Crippen LogP contribution >= 0.6 is 0 Å². The molecule has 2 atom stereocenters. The fourth-order valence-electron chi connectivity index (χ4n) is 3.06. The van der Waals surface area contributed by atoms with Gasteiger partial charge in [-0.2, -0.15) is 0 Å². The normalized spacial score (nSPS) is 22.1. The van der Waals surface area contributed by atoms with Crippen LogP contribution in [0.1, 0.15) is 39.5 Å². The van der Waals surface area contributed by atoms with E-state index in [1.165, 1.54) is 0 Å². The second-order valence-electron chi connectivity index (χ2n) is 6.63. The first-order valence-corrected chi connectivity index (χ1v) is 9.35. The molecule has 2 aliphatic heterocycles. The lowest BCUT2D eigenvalue weighted by atomic mass is 9.97. The summed E-state index contributed by atoms with van der Waals surface area (Å²) in [7, 11) is 0. The van der Waals surface area contributed by atoms with E-state index in [0.29, 0.717) is 39.1 Å². The first-order valence-electron chi connectivity index (χ1n) is 9.35. The summed E-state index contributed by atoms with van der Waals surface area (Å²) in [6.45, 7) is 5.44. The molecule has 0 aliphatic carbocycles. The van der Waals surface area contributed by atoms with E-state index in [4.69, 9.17) is 18.9 Å². The van der Waals surface area contributed by atoms with Gasteiger partial charge in [-0.1, -0.05) is 0 Å². The Balaban J connectivity index is 1.63. The molecule has 0 spiro atoms. The highest BCUT2D eigenvalue weighted by Crippen LogP contribution is 2.19. The molecular weight excluding hydrogens is 342 g/mol. The molecule has 1 amide bonds. The molecule has 0 N–H and O–H groups in total. The van der Waals surface area contributed by atoms with E-state index in [1.54, 1.807) is 18.7 Å². The SMILES string of the molecule is CCOC(=O)C1CCN(C(=O)COC(=O)C(C)OCC2CCCO2)CC1. The van der Waals surface area contributed by atoms with Crippen LogP contribution in [0.15, 0.2) is 0 Å². The van der Waals surface area contributed by atoms with E-state index in [2.05, 4.69) is 0 Å². The van der Waals surface area contributed by atoms with Crippen molar-refractivity contribution >= 4 is 17.8 Å². The van der Waals surface area contributed by atoms with Gasteiger partial charge in [0, 0.05) is 19.7 Å². The van der Waals surface area contributed by atoms with Crippen molar-refractivity contribution in [1.82, 2.24) is 4.90 Å². The van der Waals surface area contributed by atoms with Gasteiger partial charge in [0.25, 0.3) is 5.91 Å². The van der Waals surface area contributed by atoms with Gasteiger partial charge in [0.05, 0.1) is 25.2 Å². The number of amides is 1. The molecule has 2 saturated heterocycles. The van der Waals surface area contributed by atoms with Gasteiger partial charge in [-0.3, -0.25) is 9.59 Å². The summed E-state index contributed by atoms with van der Waals surface area (Å²) in [6.07, 6.45) is 2.38. The minimum atomic E-state index is -0.735. The summed E-state index contributed by atoms with van der Waals surface area (Å²) in [5.41, 5.74) is 0. The van der Waals surface area contributed by atoms with Crippen LogP contribution in [0.5, 0.6) is 0 Å². The predicted octanol–water partition coefficient (Wildman–Crippen LogP) is 0.915. The van der Waals surface area contributed by atoms with Crippen molar-refractivity contribution in [2.45, 2.75) is 51.7 Å². The Morgan fingerprint density at radius 3 is 2.50 bits per heavy atom. The molecule has 8 heteroatoms. The third kappa shape index (κ3) is 6.25. The lowest BCUT2D eigenvalue weighted by molar-refractivity contribution is -0.163. The van der Waals surface area contributed by atoms with Crippen LogP contribution in [0.2, 0.25) is 0 Å². The average Bonchev–Trinajstić information content (AvgIpc) is 3.17. The number of nitrogens with zero attached hydrogens (tertiary/aromatic N) is 1. The fourth-order valence-corrected chi connectivity index (χ4v) is 3.06. The number of hydrogen-bond donors (Lipinski definition) is 0. The minimum absolute atomic E-state index is 0.0348. The number of likely N-dealkylation sites (tertiary alicyclic amines) is 1. The third-order valence-corrected chi connectivity index (χ3v) is 4.69. The van der Waals surface area contributed by atoms with Crippen molar-refractivity contribution in [3.8, 4) is 0 Å². The summed E-state index contributed by atoms with van der Waals surface area (Å²) in [5, 5.41) is 0. The van der Waals surface area contributed by atoms with Crippen LogP contribution in [0, 0.1) is 5.92 Å². The van der Waals surface area contributed by atoms with Gasteiger partial charge in [-0.15, -0.1) is 0 Å². The van der Waals surface area contributed by atoms with E-state index >= 15 is 0 Å². The van der Waals surface area contributed by atoms with Gasteiger partial charge in [-0.25, -0.2) is 4.79 Å². The number of carbonyl (C=O) groups excluding carboxylic acids is 3. The molecule has 8 nitrogen and oxygen atoms in total. The van der Waals surface area contributed by atoms with Crippen LogP contribution in [0.25, 0.3) is 0 Å². The highest BCUT2D eigenvalue weighted by molar-refractivity contribution is 5.82. The van der Waals surface area contributed by atoms with E-state index in [1.807, 2.05) is 0 Å². The van der Waals surface area contributed by atoms with Gasteiger partial charge in [0.15, 0.2) is 12.7 Å². The third-order valence-electron chi connectivity index (χ3n) is 4.69. The first-order chi connectivity index (χ1) is 12.5.